The summed E-state index contributed by atoms with van der Waals surface area (Å²) in [5.41, 5.74) is 2.17. The van der Waals surface area contributed by atoms with Gasteiger partial charge in [0.15, 0.2) is 5.78 Å². The lowest BCUT2D eigenvalue weighted by atomic mass is 10.0. The van der Waals surface area contributed by atoms with Crippen molar-refractivity contribution in [3.05, 3.63) is 71.5 Å². The molecule has 0 saturated carbocycles. The van der Waals surface area contributed by atoms with Crippen LogP contribution in [-0.2, 0) is 6.42 Å². The van der Waals surface area contributed by atoms with E-state index in [0.717, 1.165) is 5.56 Å². The van der Waals surface area contributed by atoms with Gasteiger partial charge in [-0.2, -0.15) is 5.10 Å². The molecule has 0 spiro atoms. The normalized spacial score (nSPS) is 10.7. The number of aromatic carboxylic acids is 1. The fourth-order valence-electron chi connectivity index (χ4n) is 2.20. The summed E-state index contributed by atoms with van der Waals surface area (Å²) in [4.78, 5) is 23.3. The zero-order valence-corrected chi connectivity index (χ0v) is 11.1. The molecule has 2 aromatic heterocycles. The predicted molar refractivity (Wildman–Crippen MR) is 76.6 cm³/mol. The van der Waals surface area contributed by atoms with Crippen LogP contribution in [0.2, 0.25) is 0 Å². The summed E-state index contributed by atoms with van der Waals surface area (Å²) in [7, 11) is 0. The van der Waals surface area contributed by atoms with Crippen molar-refractivity contribution < 1.29 is 14.7 Å². The molecule has 0 aliphatic carbocycles. The largest absolute Gasteiger partial charge is 0.478 e. The zero-order chi connectivity index (χ0) is 14.8. The monoisotopic (exact) mass is 280 g/mol. The second-order valence-electron chi connectivity index (χ2n) is 4.70. The van der Waals surface area contributed by atoms with E-state index in [9.17, 15) is 9.59 Å². The van der Waals surface area contributed by atoms with Crippen LogP contribution >= 0.6 is 0 Å². The molecule has 3 rings (SSSR count). The minimum Gasteiger partial charge on any atom is -0.478 e. The van der Waals surface area contributed by atoms with E-state index in [1.807, 2.05) is 30.3 Å². The SMILES string of the molecule is O=C(O)c1ccc2c(C(=O)Cc3ccccc3)cnn2c1. The summed E-state index contributed by atoms with van der Waals surface area (Å²) in [5, 5.41) is 13.0. The lowest BCUT2D eigenvalue weighted by Gasteiger charge is -2.01. The van der Waals surface area contributed by atoms with Crippen molar-refractivity contribution in [2.24, 2.45) is 0 Å². The van der Waals surface area contributed by atoms with Gasteiger partial charge in [-0.05, 0) is 17.7 Å². The van der Waals surface area contributed by atoms with Crippen LogP contribution in [0.5, 0.6) is 0 Å². The molecule has 1 N–H and O–H groups in total. The van der Waals surface area contributed by atoms with Gasteiger partial charge in [0.25, 0.3) is 0 Å². The van der Waals surface area contributed by atoms with Gasteiger partial charge in [0.1, 0.15) is 0 Å². The zero-order valence-electron chi connectivity index (χ0n) is 11.1. The summed E-state index contributed by atoms with van der Waals surface area (Å²) in [5.74, 6) is -1.07. The molecule has 5 nitrogen and oxygen atoms in total. The van der Waals surface area contributed by atoms with Gasteiger partial charge in [0.05, 0.1) is 22.8 Å². The highest BCUT2D eigenvalue weighted by atomic mass is 16.4. The molecular formula is C16H12N2O3. The van der Waals surface area contributed by atoms with E-state index in [1.165, 1.54) is 23.0 Å². The topological polar surface area (TPSA) is 71.7 Å². The van der Waals surface area contributed by atoms with Crippen LogP contribution in [0.1, 0.15) is 26.3 Å². The van der Waals surface area contributed by atoms with E-state index in [1.54, 1.807) is 6.07 Å². The molecule has 0 unspecified atom stereocenters. The van der Waals surface area contributed by atoms with Crippen LogP contribution in [0.4, 0.5) is 0 Å². The van der Waals surface area contributed by atoms with Crippen LogP contribution in [0.25, 0.3) is 5.52 Å². The van der Waals surface area contributed by atoms with Crippen LogP contribution < -0.4 is 0 Å². The first-order valence-electron chi connectivity index (χ1n) is 6.43. The highest BCUT2D eigenvalue weighted by Gasteiger charge is 2.14. The minimum absolute atomic E-state index is 0.0423. The molecule has 104 valence electrons. The molecule has 0 radical (unpaired) electrons. The van der Waals surface area contributed by atoms with Crippen molar-refractivity contribution >= 4 is 17.3 Å². The molecule has 0 fully saturated rings. The van der Waals surface area contributed by atoms with Crippen LogP contribution in [0.15, 0.2) is 54.9 Å². The summed E-state index contributed by atoms with van der Waals surface area (Å²) in [6, 6.07) is 12.5. The number of pyridine rings is 1. The fourth-order valence-corrected chi connectivity index (χ4v) is 2.20. The van der Waals surface area contributed by atoms with Crippen molar-refractivity contribution in [1.29, 1.82) is 0 Å². The number of rotatable bonds is 4. The molecule has 5 heteroatoms. The first-order valence-corrected chi connectivity index (χ1v) is 6.43. The number of carboxylic acid groups (broad SMARTS) is 1. The van der Waals surface area contributed by atoms with Crippen molar-refractivity contribution in [2.45, 2.75) is 6.42 Å². The Morgan fingerprint density at radius 3 is 2.57 bits per heavy atom. The van der Waals surface area contributed by atoms with Gasteiger partial charge < -0.3 is 5.11 Å². The Hall–Kier alpha value is -2.95. The maximum absolute atomic E-state index is 12.3. The Labute approximate surface area is 120 Å². The molecule has 2 heterocycles. The number of hydrogen-bond acceptors (Lipinski definition) is 3. The van der Waals surface area contributed by atoms with Gasteiger partial charge in [0, 0.05) is 12.6 Å². The molecule has 0 aliphatic rings. The summed E-state index contributed by atoms with van der Waals surface area (Å²) >= 11 is 0. The fraction of sp³-hybridized carbons (Fsp3) is 0.0625. The second kappa shape index (κ2) is 5.20. The number of benzene rings is 1. The van der Waals surface area contributed by atoms with Crippen LogP contribution in [-0.4, -0.2) is 26.5 Å². The van der Waals surface area contributed by atoms with E-state index < -0.39 is 5.97 Å². The van der Waals surface area contributed by atoms with E-state index in [0.29, 0.717) is 17.5 Å². The standard InChI is InChI=1S/C16H12N2O3/c19-15(8-11-4-2-1-3-5-11)13-9-17-18-10-12(16(20)21)6-7-14(13)18/h1-7,9-10H,8H2,(H,20,21). The Morgan fingerprint density at radius 1 is 1.10 bits per heavy atom. The number of carbonyl (C=O) groups excluding carboxylic acids is 1. The summed E-state index contributed by atoms with van der Waals surface area (Å²) in [6.45, 7) is 0. The van der Waals surface area contributed by atoms with Gasteiger partial charge >= 0.3 is 5.97 Å². The van der Waals surface area contributed by atoms with Crippen molar-refractivity contribution in [3.63, 3.8) is 0 Å². The summed E-state index contributed by atoms with van der Waals surface area (Å²) in [6.07, 6.45) is 3.17. The Morgan fingerprint density at radius 2 is 1.86 bits per heavy atom. The molecule has 0 atom stereocenters. The number of aromatic nitrogens is 2. The number of carbonyl (C=O) groups is 2. The van der Waals surface area contributed by atoms with Gasteiger partial charge in [-0.3, -0.25) is 4.79 Å². The predicted octanol–water partition coefficient (Wildman–Crippen LogP) is 2.46. The van der Waals surface area contributed by atoms with Crippen molar-refractivity contribution in [2.75, 3.05) is 0 Å². The molecule has 0 aliphatic heterocycles. The molecule has 0 bridgehead atoms. The second-order valence-corrected chi connectivity index (χ2v) is 4.70. The molecule has 21 heavy (non-hydrogen) atoms. The third-order valence-electron chi connectivity index (χ3n) is 3.27. The number of hydrogen-bond donors (Lipinski definition) is 1. The third-order valence-corrected chi connectivity index (χ3v) is 3.27. The number of Topliss-reactive ketones (excluding diaryl/α,β-unsaturated/α-hetero) is 1. The molecule has 3 aromatic rings. The number of nitrogens with zero attached hydrogens (tertiary/aromatic N) is 2. The summed E-state index contributed by atoms with van der Waals surface area (Å²) < 4.78 is 1.42. The Bertz CT molecular complexity index is 822. The van der Waals surface area contributed by atoms with E-state index in [4.69, 9.17) is 5.11 Å². The first kappa shape index (κ1) is 13.1. The van der Waals surface area contributed by atoms with E-state index >= 15 is 0 Å². The lowest BCUT2D eigenvalue weighted by molar-refractivity contribution is 0.0696. The highest BCUT2D eigenvalue weighted by Crippen LogP contribution is 2.15. The third kappa shape index (κ3) is 2.53. The number of ketones is 1. The average molecular weight is 280 g/mol. The molecule has 0 amide bonds. The Balaban J connectivity index is 1.94. The van der Waals surface area contributed by atoms with Crippen molar-refractivity contribution in [3.8, 4) is 0 Å². The van der Waals surface area contributed by atoms with Gasteiger partial charge in [-0.25, -0.2) is 9.31 Å². The maximum Gasteiger partial charge on any atom is 0.337 e. The van der Waals surface area contributed by atoms with Crippen molar-refractivity contribution in [1.82, 2.24) is 9.61 Å². The van der Waals surface area contributed by atoms with Crippen LogP contribution in [0, 0.1) is 0 Å². The van der Waals surface area contributed by atoms with E-state index in [-0.39, 0.29) is 11.3 Å². The average Bonchev–Trinajstić information content (AvgIpc) is 2.91. The number of carboxylic acids is 1. The number of fused-ring (bicyclic) bond motifs is 1. The molecule has 0 saturated heterocycles. The maximum atomic E-state index is 12.3. The van der Waals surface area contributed by atoms with E-state index in [2.05, 4.69) is 5.10 Å². The van der Waals surface area contributed by atoms with Gasteiger partial charge in [-0.1, -0.05) is 30.3 Å². The highest BCUT2D eigenvalue weighted by molar-refractivity contribution is 6.03. The molecular weight excluding hydrogens is 268 g/mol. The molecule has 1 aromatic carbocycles. The quantitative estimate of drug-likeness (QED) is 0.745. The first-order chi connectivity index (χ1) is 10.1. The van der Waals surface area contributed by atoms with Crippen LogP contribution in [0.3, 0.4) is 0 Å². The smallest absolute Gasteiger partial charge is 0.337 e. The lowest BCUT2D eigenvalue weighted by Crippen LogP contribution is -2.04. The van der Waals surface area contributed by atoms with Gasteiger partial charge in [0.2, 0.25) is 0 Å². The minimum atomic E-state index is -1.02. The Kier molecular flexibility index (Phi) is 3.23. The van der Waals surface area contributed by atoms with Gasteiger partial charge in [-0.15, -0.1) is 0 Å².